The minimum atomic E-state index is -0.457. The molecule has 0 aliphatic carbocycles. The summed E-state index contributed by atoms with van der Waals surface area (Å²) < 4.78 is 37.6. The van der Waals surface area contributed by atoms with Gasteiger partial charge >= 0.3 is 11.9 Å². The molecule has 0 aliphatic rings. The Morgan fingerprint density at radius 3 is 1.21 bits per heavy atom. The van der Waals surface area contributed by atoms with Gasteiger partial charge in [0.05, 0.1) is 66.1 Å². The minimum Gasteiger partial charge on any atom is -0.460 e. The van der Waals surface area contributed by atoms with Crippen molar-refractivity contribution in [3.8, 4) is 0 Å². The van der Waals surface area contributed by atoms with Crippen molar-refractivity contribution in [1.82, 2.24) is 0 Å². The molecule has 0 rings (SSSR count). The van der Waals surface area contributed by atoms with Gasteiger partial charge in [-0.05, 0) is 0 Å². The van der Waals surface area contributed by atoms with Gasteiger partial charge in [0.1, 0.15) is 13.2 Å². The predicted octanol–water partition coefficient (Wildman–Crippen LogP) is 2.58. The van der Waals surface area contributed by atoms with Gasteiger partial charge in [-0.25, -0.2) is 9.59 Å². The van der Waals surface area contributed by atoms with E-state index in [-0.39, 0.29) is 24.0 Å². The van der Waals surface area contributed by atoms with Crippen molar-refractivity contribution in [2.24, 2.45) is 10.8 Å². The van der Waals surface area contributed by atoms with Gasteiger partial charge in [-0.3, -0.25) is 0 Å². The number of carbonyl (C=O) groups excluding carboxylic acids is 2. The molecular formula is C24H42O9. The Morgan fingerprint density at radius 2 is 0.848 bits per heavy atom. The molecule has 0 aromatic heterocycles. The van der Waals surface area contributed by atoms with E-state index in [9.17, 15) is 9.59 Å². The first-order valence-corrected chi connectivity index (χ1v) is 11.1. The van der Waals surface area contributed by atoms with Crippen LogP contribution in [-0.4, -0.2) is 91.2 Å². The molecule has 0 unspecified atom stereocenters. The summed E-state index contributed by atoms with van der Waals surface area (Å²) in [6.45, 7) is 20.0. The van der Waals surface area contributed by atoms with Crippen LogP contribution >= 0.6 is 0 Å². The highest BCUT2D eigenvalue weighted by Gasteiger charge is 2.23. The highest BCUT2D eigenvalue weighted by atomic mass is 16.6. The second-order valence-electron chi connectivity index (χ2n) is 8.89. The molecule has 0 atom stereocenters. The zero-order valence-corrected chi connectivity index (χ0v) is 20.7. The molecule has 0 aromatic rings. The molecule has 0 aliphatic heterocycles. The number of hydrogen-bond donors (Lipinski definition) is 0. The van der Waals surface area contributed by atoms with Gasteiger partial charge in [0.25, 0.3) is 0 Å². The molecule has 0 bridgehead atoms. The van der Waals surface area contributed by atoms with Gasteiger partial charge in [-0.15, -0.1) is 0 Å². The second-order valence-corrected chi connectivity index (χ2v) is 8.89. The maximum atomic E-state index is 10.9. The van der Waals surface area contributed by atoms with Gasteiger partial charge in [0.15, 0.2) is 0 Å². The number of carbonyl (C=O) groups is 2. The van der Waals surface area contributed by atoms with Gasteiger partial charge in [0.2, 0.25) is 0 Å². The summed E-state index contributed by atoms with van der Waals surface area (Å²) >= 11 is 0. The quantitative estimate of drug-likeness (QED) is 0.133. The highest BCUT2D eigenvalue weighted by molar-refractivity contribution is 5.81. The fourth-order valence-corrected chi connectivity index (χ4v) is 2.34. The first-order valence-electron chi connectivity index (χ1n) is 11.1. The van der Waals surface area contributed by atoms with Crippen LogP contribution < -0.4 is 0 Å². The van der Waals surface area contributed by atoms with Crippen molar-refractivity contribution < 1.29 is 42.7 Å². The molecule has 0 amide bonds. The van der Waals surface area contributed by atoms with E-state index in [4.69, 9.17) is 33.2 Å². The predicted molar refractivity (Wildman–Crippen MR) is 124 cm³/mol. The van der Waals surface area contributed by atoms with E-state index in [1.807, 2.05) is 0 Å². The molecule has 0 radical (unpaired) electrons. The van der Waals surface area contributed by atoms with Crippen molar-refractivity contribution in [2.45, 2.75) is 27.7 Å². The molecule has 9 heteroatoms. The van der Waals surface area contributed by atoms with Gasteiger partial charge in [-0.1, -0.05) is 40.9 Å². The number of ether oxygens (including phenoxy) is 7. The second kappa shape index (κ2) is 18.6. The van der Waals surface area contributed by atoms with E-state index < -0.39 is 11.9 Å². The van der Waals surface area contributed by atoms with Crippen LogP contribution in [0, 0.1) is 10.8 Å². The van der Waals surface area contributed by atoms with Crippen LogP contribution in [0.2, 0.25) is 0 Å². The summed E-state index contributed by atoms with van der Waals surface area (Å²) in [5, 5.41) is 0. The fraction of sp³-hybridized carbons (Fsp3) is 0.750. The third-order valence-electron chi connectivity index (χ3n) is 3.99. The molecule has 0 fully saturated rings. The van der Waals surface area contributed by atoms with E-state index in [2.05, 4.69) is 40.9 Å². The molecular weight excluding hydrogens is 432 g/mol. The normalized spacial score (nSPS) is 11.8. The SMILES string of the molecule is C=CC(=O)OCCOCCOCC(C)(C)COCC(C)(C)COCCOCCOC(=O)C=C. The molecule has 9 nitrogen and oxygen atoms in total. The van der Waals surface area contributed by atoms with E-state index >= 15 is 0 Å². The molecule has 0 heterocycles. The van der Waals surface area contributed by atoms with Crippen LogP contribution in [0.1, 0.15) is 27.7 Å². The molecule has 0 N–H and O–H groups in total. The summed E-state index contributed by atoms with van der Waals surface area (Å²) in [5.74, 6) is -0.915. The lowest BCUT2D eigenvalue weighted by atomic mass is 9.94. The number of rotatable bonds is 22. The topological polar surface area (TPSA) is 98.8 Å². The lowest BCUT2D eigenvalue weighted by Crippen LogP contribution is -2.31. The lowest BCUT2D eigenvalue weighted by molar-refractivity contribution is -0.140. The Morgan fingerprint density at radius 1 is 0.545 bits per heavy atom. The molecule has 33 heavy (non-hydrogen) atoms. The molecule has 0 aromatic carbocycles. The van der Waals surface area contributed by atoms with Crippen LogP contribution in [0.3, 0.4) is 0 Å². The maximum Gasteiger partial charge on any atom is 0.330 e. The zero-order valence-electron chi connectivity index (χ0n) is 20.7. The van der Waals surface area contributed by atoms with Crippen molar-refractivity contribution in [3.05, 3.63) is 25.3 Å². The Hall–Kier alpha value is -1.78. The van der Waals surface area contributed by atoms with E-state index in [0.29, 0.717) is 66.1 Å². The third kappa shape index (κ3) is 20.6. The van der Waals surface area contributed by atoms with E-state index in [1.54, 1.807) is 0 Å². The van der Waals surface area contributed by atoms with Crippen molar-refractivity contribution in [2.75, 3.05) is 79.3 Å². The molecule has 0 saturated carbocycles. The van der Waals surface area contributed by atoms with Gasteiger partial charge in [0, 0.05) is 23.0 Å². The highest BCUT2D eigenvalue weighted by Crippen LogP contribution is 2.20. The standard InChI is InChI=1S/C24H42O9/c1-7-21(25)32-15-13-27-9-11-29-17-23(3,4)19-31-20-24(5,6)18-30-12-10-28-14-16-33-22(26)8-2/h7-8H,1-2,9-20H2,3-6H3. The lowest BCUT2D eigenvalue weighted by Gasteiger charge is -2.29. The Kier molecular flexibility index (Phi) is 17.6. The van der Waals surface area contributed by atoms with Crippen LogP contribution in [0.4, 0.5) is 0 Å². The Bertz CT molecular complexity index is 510. The largest absolute Gasteiger partial charge is 0.460 e. The Balaban J connectivity index is 3.71. The van der Waals surface area contributed by atoms with E-state index in [0.717, 1.165) is 12.2 Å². The fourth-order valence-electron chi connectivity index (χ4n) is 2.34. The summed E-state index contributed by atoms with van der Waals surface area (Å²) in [6, 6.07) is 0. The molecule has 0 spiro atoms. The first kappa shape index (κ1) is 31.2. The minimum absolute atomic E-state index is 0.140. The van der Waals surface area contributed by atoms with Crippen molar-refractivity contribution in [1.29, 1.82) is 0 Å². The summed E-state index contributed by atoms with van der Waals surface area (Å²) in [6.07, 6.45) is 2.24. The van der Waals surface area contributed by atoms with Gasteiger partial charge < -0.3 is 33.2 Å². The average molecular weight is 475 g/mol. The molecule has 0 saturated heterocycles. The van der Waals surface area contributed by atoms with Crippen molar-refractivity contribution >= 4 is 11.9 Å². The third-order valence-corrected chi connectivity index (χ3v) is 3.99. The summed E-state index contributed by atoms with van der Waals surface area (Å²) in [5.41, 5.74) is -0.279. The molecule has 192 valence electrons. The average Bonchev–Trinajstić information content (AvgIpc) is 2.76. The smallest absolute Gasteiger partial charge is 0.330 e. The monoisotopic (exact) mass is 474 g/mol. The Labute approximate surface area is 198 Å². The van der Waals surface area contributed by atoms with Crippen LogP contribution in [0.5, 0.6) is 0 Å². The summed E-state index contributed by atoms with van der Waals surface area (Å²) in [4.78, 5) is 21.8. The van der Waals surface area contributed by atoms with Crippen molar-refractivity contribution in [3.63, 3.8) is 0 Å². The first-order chi connectivity index (χ1) is 15.6. The zero-order chi connectivity index (χ0) is 25.0. The van der Waals surface area contributed by atoms with Gasteiger partial charge in [-0.2, -0.15) is 0 Å². The number of esters is 2. The van der Waals surface area contributed by atoms with E-state index in [1.165, 1.54) is 0 Å². The summed E-state index contributed by atoms with van der Waals surface area (Å²) in [7, 11) is 0. The van der Waals surface area contributed by atoms with Crippen LogP contribution in [0.15, 0.2) is 25.3 Å². The van der Waals surface area contributed by atoms with Crippen LogP contribution in [0.25, 0.3) is 0 Å². The van der Waals surface area contributed by atoms with Crippen LogP contribution in [-0.2, 0) is 42.7 Å². The number of hydrogen-bond acceptors (Lipinski definition) is 9. The maximum absolute atomic E-state index is 10.9.